The number of nitrogens with zero attached hydrogens (tertiary/aromatic N) is 3. The third-order valence-corrected chi connectivity index (χ3v) is 2.50. The van der Waals surface area contributed by atoms with Gasteiger partial charge in [-0.25, -0.2) is 4.98 Å². The molecule has 0 unspecified atom stereocenters. The molecule has 0 bridgehead atoms. The number of hydrogen-bond donors (Lipinski definition) is 0. The van der Waals surface area contributed by atoms with Gasteiger partial charge in [-0.1, -0.05) is 11.6 Å². The standard InChI is InChI=1S/C11H6ClN3O5/c12-7-1-3-10(9(5-7)15(18)19)20-11-4-2-8(6-13-11)14(16)17/h1-6H. The van der Waals surface area contributed by atoms with E-state index in [1.165, 1.54) is 24.3 Å². The summed E-state index contributed by atoms with van der Waals surface area (Å²) in [6.07, 6.45) is 0.997. The highest BCUT2D eigenvalue weighted by molar-refractivity contribution is 6.30. The average molecular weight is 296 g/mol. The second-order valence-electron chi connectivity index (χ2n) is 3.58. The number of aromatic nitrogens is 1. The lowest BCUT2D eigenvalue weighted by Gasteiger charge is -2.05. The van der Waals surface area contributed by atoms with Gasteiger partial charge in [0, 0.05) is 23.2 Å². The molecule has 0 atom stereocenters. The van der Waals surface area contributed by atoms with Crippen molar-refractivity contribution in [1.29, 1.82) is 0 Å². The Morgan fingerprint density at radius 3 is 2.40 bits per heavy atom. The molecule has 2 aromatic rings. The molecule has 0 radical (unpaired) electrons. The van der Waals surface area contributed by atoms with Crippen molar-refractivity contribution in [1.82, 2.24) is 4.98 Å². The van der Waals surface area contributed by atoms with Gasteiger partial charge in [0.25, 0.3) is 5.69 Å². The van der Waals surface area contributed by atoms with Gasteiger partial charge in [-0.2, -0.15) is 0 Å². The van der Waals surface area contributed by atoms with Crippen LogP contribution < -0.4 is 4.74 Å². The Kier molecular flexibility index (Phi) is 3.76. The smallest absolute Gasteiger partial charge is 0.313 e. The summed E-state index contributed by atoms with van der Waals surface area (Å²) in [7, 11) is 0. The van der Waals surface area contributed by atoms with Crippen molar-refractivity contribution in [2.75, 3.05) is 0 Å². The molecule has 2 rings (SSSR count). The second kappa shape index (κ2) is 5.49. The van der Waals surface area contributed by atoms with Crippen LogP contribution in [0.4, 0.5) is 11.4 Å². The normalized spacial score (nSPS) is 10.1. The van der Waals surface area contributed by atoms with Crippen LogP contribution in [-0.4, -0.2) is 14.8 Å². The van der Waals surface area contributed by atoms with Crippen molar-refractivity contribution in [3.8, 4) is 11.6 Å². The summed E-state index contributed by atoms with van der Waals surface area (Å²) in [5.41, 5.74) is -0.527. The third-order valence-electron chi connectivity index (χ3n) is 2.26. The summed E-state index contributed by atoms with van der Waals surface area (Å²) < 4.78 is 5.23. The number of benzene rings is 1. The van der Waals surface area contributed by atoms with Crippen LogP contribution in [0.5, 0.6) is 11.6 Å². The van der Waals surface area contributed by atoms with E-state index in [2.05, 4.69) is 4.98 Å². The van der Waals surface area contributed by atoms with Gasteiger partial charge in [0.1, 0.15) is 6.20 Å². The van der Waals surface area contributed by atoms with Crippen LogP contribution in [0.15, 0.2) is 36.5 Å². The van der Waals surface area contributed by atoms with E-state index in [0.29, 0.717) is 0 Å². The van der Waals surface area contributed by atoms with Gasteiger partial charge in [0.15, 0.2) is 0 Å². The molecule has 9 heteroatoms. The number of hydrogen-bond acceptors (Lipinski definition) is 6. The van der Waals surface area contributed by atoms with Gasteiger partial charge in [-0.3, -0.25) is 20.2 Å². The summed E-state index contributed by atoms with van der Waals surface area (Å²) in [5.74, 6) is -0.0539. The predicted molar refractivity (Wildman–Crippen MR) is 69.1 cm³/mol. The highest BCUT2D eigenvalue weighted by Gasteiger charge is 2.17. The Labute approximate surface area is 116 Å². The zero-order valence-electron chi connectivity index (χ0n) is 9.72. The third kappa shape index (κ3) is 2.98. The second-order valence-corrected chi connectivity index (χ2v) is 4.02. The topological polar surface area (TPSA) is 108 Å². The number of ether oxygens (including phenoxy) is 1. The summed E-state index contributed by atoms with van der Waals surface area (Å²) in [4.78, 5) is 23.8. The highest BCUT2D eigenvalue weighted by Crippen LogP contribution is 2.33. The minimum Gasteiger partial charge on any atom is -0.432 e. The predicted octanol–water partition coefficient (Wildman–Crippen LogP) is 3.34. The van der Waals surface area contributed by atoms with Crippen LogP contribution in [0.2, 0.25) is 5.02 Å². The number of rotatable bonds is 4. The Morgan fingerprint density at radius 1 is 1.10 bits per heavy atom. The largest absolute Gasteiger partial charge is 0.432 e. The van der Waals surface area contributed by atoms with E-state index < -0.39 is 9.85 Å². The average Bonchev–Trinajstić information content (AvgIpc) is 2.41. The van der Waals surface area contributed by atoms with E-state index in [1.54, 1.807) is 0 Å². The summed E-state index contributed by atoms with van der Waals surface area (Å²) >= 11 is 5.67. The van der Waals surface area contributed by atoms with Crippen LogP contribution in [0.25, 0.3) is 0 Å². The zero-order chi connectivity index (χ0) is 14.7. The van der Waals surface area contributed by atoms with Gasteiger partial charge < -0.3 is 4.74 Å². The molecule has 0 fully saturated rings. The summed E-state index contributed by atoms with van der Waals surface area (Å²) in [5, 5.41) is 21.5. The fourth-order valence-corrected chi connectivity index (χ4v) is 1.54. The Morgan fingerprint density at radius 2 is 1.85 bits per heavy atom. The molecule has 1 heterocycles. The molecule has 0 saturated heterocycles. The van der Waals surface area contributed by atoms with Crippen molar-refractivity contribution < 1.29 is 14.6 Å². The SMILES string of the molecule is O=[N+]([O-])c1ccc(Oc2ccc(Cl)cc2[N+](=O)[O-])nc1. The number of nitro groups is 2. The minimum atomic E-state index is -0.646. The Balaban J connectivity index is 2.30. The molecule has 0 spiro atoms. The molecule has 0 saturated carbocycles. The van der Waals surface area contributed by atoms with Gasteiger partial charge >= 0.3 is 5.69 Å². The lowest BCUT2D eigenvalue weighted by atomic mass is 10.3. The van der Waals surface area contributed by atoms with Crippen molar-refractivity contribution in [3.63, 3.8) is 0 Å². The number of pyridine rings is 1. The summed E-state index contributed by atoms with van der Waals surface area (Å²) in [6.45, 7) is 0. The fraction of sp³-hybridized carbons (Fsp3) is 0. The van der Waals surface area contributed by atoms with E-state index in [1.807, 2.05) is 0 Å². The van der Waals surface area contributed by atoms with E-state index in [9.17, 15) is 20.2 Å². The number of nitro benzene ring substituents is 1. The van der Waals surface area contributed by atoms with Gasteiger partial charge in [-0.05, 0) is 12.1 Å². The molecule has 0 aliphatic rings. The maximum Gasteiger partial charge on any atom is 0.313 e. The first kappa shape index (κ1) is 13.7. The van der Waals surface area contributed by atoms with Crippen molar-refractivity contribution in [2.45, 2.75) is 0 Å². The van der Waals surface area contributed by atoms with Crippen molar-refractivity contribution in [3.05, 3.63) is 61.8 Å². The lowest BCUT2D eigenvalue weighted by molar-refractivity contribution is -0.385. The molecular formula is C11H6ClN3O5. The molecule has 0 amide bonds. The quantitative estimate of drug-likeness (QED) is 0.632. The van der Waals surface area contributed by atoms with Crippen LogP contribution >= 0.6 is 11.6 Å². The monoisotopic (exact) mass is 295 g/mol. The van der Waals surface area contributed by atoms with Gasteiger partial charge in [-0.15, -0.1) is 0 Å². The molecule has 0 N–H and O–H groups in total. The van der Waals surface area contributed by atoms with E-state index in [4.69, 9.17) is 16.3 Å². The zero-order valence-corrected chi connectivity index (χ0v) is 10.5. The van der Waals surface area contributed by atoms with E-state index >= 15 is 0 Å². The first-order valence-electron chi connectivity index (χ1n) is 5.19. The molecule has 0 aliphatic heterocycles. The Bertz CT molecular complexity index is 674. The van der Waals surface area contributed by atoms with Gasteiger partial charge in [0.2, 0.25) is 11.6 Å². The molecular weight excluding hydrogens is 290 g/mol. The van der Waals surface area contributed by atoms with E-state index in [0.717, 1.165) is 12.3 Å². The van der Waals surface area contributed by atoms with E-state index in [-0.39, 0.29) is 28.0 Å². The van der Waals surface area contributed by atoms with Crippen LogP contribution in [0, 0.1) is 20.2 Å². The highest BCUT2D eigenvalue weighted by atomic mass is 35.5. The number of halogens is 1. The first-order chi connectivity index (χ1) is 9.47. The molecule has 8 nitrogen and oxygen atoms in total. The fourth-order valence-electron chi connectivity index (χ4n) is 1.37. The van der Waals surface area contributed by atoms with Gasteiger partial charge in [0.05, 0.1) is 9.85 Å². The maximum absolute atomic E-state index is 10.9. The molecule has 0 aliphatic carbocycles. The molecule has 1 aromatic heterocycles. The van der Waals surface area contributed by atoms with Crippen molar-refractivity contribution >= 4 is 23.0 Å². The Hall–Kier alpha value is -2.74. The van der Waals surface area contributed by atoms with Crippen LogP contribution in [-0.2, 0) is 0 Å². The molecule has 102 valence electrons. The molecule has 1 aromatic carbocycles. The summed E-state index contributed by atoms with van der Waals surface area (Å²) in [6, 6.07) is 6.32. The van der Waals surface area contributed by atoms with Crippen LogP contribution in [0.1, 0.15) is 0 Å². The van der Waals surface area contributed by atoms with Crippen LogP contribution in [0.3, 0.4) is 0 Å². The molecule has 20 heavy (non-hydrogen) atoms. The minimum absolute atomic E-state index is 0.000947. The lowest BCUT2D eigenvalue weighted by Crippen LogP contribution is -1.95. The maximum atomic E-state index is 10.9. The first-order valence-corrected chi connectivity index (χ1v) is 5.57. The van der Waals surface area contributed by atoms with Crippen molar-refractivity contribution in [2.24, 2.45) is 0 Å².